The molecule has 3 aromatic carbocycles. The molecular formula is C38H51ClN2O2. The van der Waals surface area contributed by atoms with Gasteiger partial charge in [-0.1, -0.05) is 90.7 Å². The molecule has 0 aliphatic heterocycles. The van der Waals surface area contributed by atoms with Gasteiger partial charge in [0.15, 0.2) is 0 Å². The highest BCUT2D eigenvalue weighted by molar-refractivity contribution is 6.33. The van der Waals surface area contributed by atoms with E-state index < -0.39 is 0 Å². The number of hydrogen-bond donors (Lipinski definition) is 0. The smallest absolute Gasteiger partial charge is 0.119 e. The molecule has 0 heterocycles. The fraction of sp³-hybridized carbons (Fsp3) is 0.474. The number of nitrogens with zero attached hydrogens (tertiary/aromatic N) is 2. The SMILES string of the molecule is CC[C@H](C)CCCCCOc1ccc(C=Nc2ccc(N=Cc3ccc(OCCCCC[C@@H](C)CC)cc3)c(Cl)c2)cc1. The lowest BCUT2D eigenvalue weighted by molar-refractivity contribution is 0.302. The first-order valence-corrected chi connectivity index (χ1v) is 16.7. The first kappa shape index (κ1) is 34.4. The van der Waals surface area contributed by atoms with Gasteiger partial charge in [0, 0.05) is 12.4 Å². The minimum absolute atomic E-state index is 0.562. The highest BCUT2D eigenvalue weighted by Gasteiger charge is 2.02. The zero-order chi connectivity index (χ0) is 30.7. The Kier molecular flexibility index (Phi) is 16.0. The first-order chi connectivity index (χ1) is 21.0. The molecule has 232 valence electrons. The molecule has 0 amide bonds. The molecule has 0 saturated heterocycles. The van der Waals surface area contributed by atoms with Gasteiger partial charge in [-0.25, -0.2) is 0 Å². The molecule has 0 radical (unpaired) electrons. The molecular weight excluding hydrogens is 552 g/mol. The average molecular weight is 603 g/mol. The van der Waals surface area contributed by atoms with Gasteiger partial charge < -0.3 is 9.47 Å². The van der Waals surface area contributed by atoms with Crippen molar-refractivity contribution in [3.8, 4) is 11.5 Å². The zero-order valence-electron chi connectivity index (χ0n) is 26.7. The lowest BCUT2D eigenvalue weighted by Crippen LogP contribution is -1.98. The summed E-state index contributed by atoms with van der Waals surface area (Å²) in [7, 11) is 0. The number of halogens is 1. The molecule has 0 aliphatic carbocycles. The van der Waals surface area contributed by atoms with Crippen molar-refractivity contribution < 1.29 is 9.47 Å². The van der Waals surface area contributed by atoms with Crippen molar-refractivity contribution in [2.45, 2.75) is 91.9 Å². The summed E-state index contributed by atoms with van der Waals surface area (Å²) in [6.07, 6.45) is 16.0. The van der Waals surface area contributed by atoms with Crippen LogP contribution in [0, 0.1) is 11.8 Å². The van der Waals surface area contributed by atoms with E-state index in [2.05, 4.69) is 37.7 Å². The van der Waals surface area contributed by atoms with Crippen molar-refractivity contribution in [2.75, 3.05) is 13.2 Å². The lowest BCUT2D eigenvalue weighted by atomic mass is 10.0. The minimum Gasteiger partial charge on any atom is -0.494 e. The van der Waals surface area contributed by atoms with Crippen molar-refractivity contribution in [1.82, 2.24) is 0 Å². The summed E-state index contributed by atoms with van der Waals surface area (Å²) in [5.41, 5.74) is 3.49. The number of benzene rings is 3. The van der Waals surface area contributed by atoms with Gasteiger partial charge >= 0.3 is 0 Å². The van der Waals surface area contributed by atoms with Gasteiger partial charge in [-0.05, 0) is 103 Å². The monoisotopic (exact) mass is 602 g/mol. The van der Waals surface area contributed by atoms with Gasteiger partial charge in [0.1, 0.15) is 11.5 Å². The number of aliphatic imine (C=N–C) groups is 2. The Morgan fingerprint density at radius 2 is 1.12 bits per heavy atom. The van der Waals surface area contributed by atoms with Crippen molar-refractivity contribution in [3.63, 3.8) is 0 Å². The van der Waals surface area contributed by atoms with E-state index in [1.165, 1.54) is 51.4 Å². The van der Waals surface area contributed by atoms with Crippen LogP contribution >= 0.6 is 11.6 Å². The summed E-state index contributed by atoms with van der Waals surface area (Å²) in [4.78, 5) is 9.17. The fourth-order valence-corrected chi connectivity index (χ4v) is 4.83. The Balaban J connectivity index is 1.40. The second-order valence-corrected chi connectivity index (χ2v) is 12.1. The van der Waals surface area contributed by atoms with Crippen molar-refractivity contribution in [2.24, 2.45) is 21.8 Å². The molecule has 0 N–H and O–H groups in total. The van der Waals surface area contributed by atoms with E-state index in [0.29, 0.717) is 10.7 Å². The summed E-state index contributed by atoms with van der Waals surface area (Å²) in [6, 6.07) is 21.7. The van der Waals surface area contributed by atoms with Crippen LogP contribution in [0.3, 0.4) is 0 Å². The largest absolute Gasteiger partial charge is 0.494 e. The van der Waals surface area contributed by atoms with Crippen molar-refractivity contribution in [1.29, 1.82) is 0 Å². The van der Waals surface area contributed by atoms with Crippen molar-refractivity contribution >= 4 is 35.4 Å². The number of unbranched alkanes of at least 4 members (excludes halogenated alkanes) is 4. The maximum Gasteiger partial charge on any atom is 0.119 e. The Morgan fingerprint density at radius 1 is 0.628 bits per heavy atom. The van der Waals surface area contributed by atoms with Crippen LogP contribution in [0.25, 0.3) is 0 Å². The van der Waals surface area contributed by atoms with E-state index in [0.717, 1.165) is 66.2 Å². The predicted molar refractivity (Wildman–Crippen MR) is 186 cm³/mol. The standard InChI is InChI=1S/C38H51ClN2O2/c1-5-30(3)13-9-7-11-25-42-35-20-15-32(16-21-35)28-40-34-19-24-38(37(39)27-34)41-29-33-17-22-36(23-18-33)43-26-12-8-10-14-31(4)6-2/h15-24,27-31H,5-14,25-26H2,1-4H3/t30-,31-/m0/s1. The topological polar surface area (TPSA) is 43.2 Å². The van der Waals surface area contributed by atoms with Crippen LogP contribution in [0.4, 0.5) is 11.4 Å². The highest BCUT2D eigenvalue weighted by Crippen LogP contribution is 2.29. The van der Waals surface area contributed by atoms with E-state index in [9.17, 15) is 0 Å². The maximum absolute atomic E-state index is 6.52. The van der Waals surface area contributed by atoms with Gasteiger partial charge in [0.25, 0.3) is 0 Å². The molecule has 0 aromatic heterocycles. The van der Waals surface area contributed by atoms with Crippen LogP contribution < -0.4 is 9.47 Å². The Hall–Kier alpha value is -3.11. The molecule has 0 aliphatic rings. The summed E-state index contributed by atoms with van der Waals surface area (Å²) in [6.45, 7) is 10.7. The average Bonchev–Trinajstić information content (AvgIpc) is 3.03. The molecule has 0 fully saturated rings. The van der Waals surface area contributed by atoms with E-state index in [4.69, 9.17) is 21.1 Å². The number of rotatable bonds is 20. The molecule has 0 saturated carbocycles. The van der Waals surface area contributed by atoms with E-state index >= 15 is 0 Å². The Labute approximate surface area is 265 Å². The third kappa shape index (κ3) is 13.8. The van der Waals surface area contributed by atoms with Gasteiger partial charge in [-0.3, -0.25) is 9.98 Å². The van der Waals surface area contributed by atoms with Gasteiger partial charge in [-0.15, -0.1) is 0 Å². The Bertz CT molecular complexity index is 1240. The number of hydrogen-bond acceptors (Lipinski definition) is 4. The molecule has 0 unspecified atom stereocenters. The third-order valence-electron chi connectivity index (χ3n) is 8.02. The second-order valence-electron chi connectivity index (χ2n) is 11.7. The van der Waals surface area contributed by atoms with E-state index in [1.807, 2.05) is 79.2 Å². The summed E-state index contributed by atoms with van der Waals surface area (Å²) in [5.74, 6) is 3.45. The third-order valence-corrected chi connectivity index (χ3v) is 8.32. The van der Waals surface area contributed by atoms with Crippen molar-refractivity contribution in [3.05, 3.63) is 82.9 Å². The summed E-state index contributed by atoms with van der Waals surface area (Å²) >= 11 is 6.52. The molecule has 3 aromatic rings. The van der Waals surface area contributed by atoms with Gasteiger partial charge in [0.2, 0.25) is 0 Å². The van der Waals surface area contributed by atoms with E-state index in [-0.39, 0.29) is 0 Å². The summed E-state index contributed by atoms with van der Waals surface area (Å²) in [5, 5.41) is 0.562. The van der Waals surface area contributed by atoms with Crippen LogP contribution in [-0.4, -0.2) is 25.6 Å². The molecule has 4 nitrogen and oxygen atoms in total. The lowest BCUT2D eigenvalue weighted by Gasteiger charge is -2.09. The van der Waals surface area contributed by atoms with Gasteiger partial charge in [-0.2, -0.15) is 0 Å². The van der Waals surface area contributed by atoms with E-state index in [1.54, 1.807) is 0 Å². The quantitative estimate of drug-likeness (QED) is 0.0953. The molecule has 2 atom stereocenters. The molecule has 5 heteroatoms. The van der Waals surface area contributed by atoms with Crippen LogP contribution in [0.2, 0.25) is 5.02 Å². The highest BCUT2D eigenvalue weighted by atomic mass is 35.5. The van der Waals surface area contributed by atoms with Crippen LogP contribution in [0.1, 0.15) is 103 Å². The number of ether oxygens (including phenoxy) is 2. The van der Waals surface area contributed by atoms with Crippen LogP contribution in [0.15, 0.2) is 76.7 Å². The van der Waals surface area contributed by atoms with Crippen LogP contribution in [-0.2, 0) is 0 Å². The van der Waals surface area contributed by atoms with Gasteiger partial charge in [0.05, 0.1) is 29.6 Å². The molecule has 0 bridgehead atoms. The molecule has 0 spiro atoms. The molecule has 3 rings (SSSR count). The first-order valence-electron chi connectivity index (χ1n) is 16.3. The zero-order valence-corrected chi connectivity index (χ0v) is 27.5. The summed E-state index contributed by atoms with van der Waals surface area (Å²) < 4.78 is 11.8. The molecule has 43 heavy (non-hydrogen) atoms. The second kappa shape index (κ2) is 20.0. The normalized spacial score (nSPS) is 13.0. The maximum atomic E-state index is 6.52. The predicted octanol–water partition coefficient (Wildman–Crippen LogP) is 11.8. The van der Waals surface area contributed by atoms with Crippen LogP contribution in [0.5, 0.6) is 11.5 Å². The minimum atomic E-state index is 0.562. The Morgan fingerprint density at radius 3 is 1.58 bits per heavy atom. The fourth-order valence-electron chi connectivity index (χ4n) is 4.61.